The molecular formula is C15H21NOS. The smallest absolute Gasteiger partial charge is 0.0587 e. The molecule has 0 bridgehead atoms. The van der Waals surface area contributed by atoms with Crippen LogP contribution in [0.15, 0.2) is 30.3 Å². The highest BCUT2D eigenvalue weighted by Gasteiger charge is 2.17. The first-order chi connectivity index (χ1) is 8.61. The minimum Gasteiger partial charge on any atom is -0.395 e. The van der Waals surface area contributed by atoms with Crippen LogP contribution in [-0.2, 0) is 0 Å². The molecule has 2 rings (SSSR count). The minimum absolute atomic E-state index is 0.158. The van der Waals surface area contributed by atoms with E-state index < -0.39 is 0 Å². The van der Waals surface area contributed by atoms with Gasteiger partial charge in [0.2, 0.25) is 0 Å². The van der Waals surface area contributed by atoms with E-state index in [0.29, 0.717) is 5.92 Å². The Balaban J connectivity index is 2.15. The van der Waals surface area contributed by atoms with E-state index in [1.807, 2.05) is 11.3 Å². The van der Waals surface area contributed by atoms with Gasteiger partial charge in [0.25, 0.3) is 0 Å². The second kappa shape index (κ2) is 5.83. The van der Waals surface area contributed by atoms with Gasteiger partial charge < -0.3 is 10.4 Å². The third kappa shape index (κ3) is 2.91. The maximum absolute atomic E-state index is 9.37. The SMILES string of the molecule is CC(NC(CO)C(C)C)c1cc2ccccc2s1. The molecule has 0 aliphatic rings. The lowest BCUT2D eigenvalue weighted by molar-refractivity contribution is 0.202. The summed E-state index contributed by atoms with van der Waals surface area (Å²) in [6.07, 6.45) is 0. The van der Waals surface area contributed by atoms with Crippen LogP contribution in [0.2, 0.25) is 0 Å². The van der Waals surface area contributed by atoms with Gasteiger partial charge in [0.05, 0.1) is 6.61 Å². The molecule has 2 unspecified atom stereocenters. The number of benzene rings is 1. The van der Waals surface area contributed by atoms with Crippen molar-refractivity contribution in [3.8, 4) is 0 Å². The number of aliphatic hydroxyl groups excluding tert-OH is 1. The van der Waals surface area contributed by atoms with E-state index in [1.54, 1.807) is 0 Å². The maximum atomic E-state index is 9.37. The zero-order valence-electron chi connectivity index (χ0n) is 11.2. The molecule has 2 atom stereocenters. The number of hydrogen-bond acceptors (Lipinski definition) is 3. The van der Waals surface area contributed by atoms with Gasteiger partial charge in [0, 0.05) is 21.7 Å². The number of thiophene rings is 1. The molecule has 0 radical (unpaired) electrons. The molecule has 2 aromatic rings. The quantitative estimate of drug-likeness (QED) is 0.864. The van der Waals surface area contributed by atoms with Gasteiger partial charge in [0.15, 0.2) is 0 Å². The lowest BCUT2D eigenvalue weighted by atomic mass is 10.0. The van der Waals surface area contributed by atoms with E-state index in [0.717, 1.165) is 0 Å². The molecule has 1 aromatic heterocycles. The fourth-order valence-corrected chi connectivity index (χ4v) is 3.15. The lowest BCUT2D eigenvalue weighted by Crippen LogP contribution is -2.38. The molecule has 2 N–H and O–H groups in total. The van der Waals surface area contributed by atoms with Crippen LogP contribution in [0, 0.1) is 5.92 Å². The van der Waals surface area contributed by atoms with Crippen LogP contribution in [0.25, 0.3) is 10.1 Å². The number of aliphatic hydroxyl groups is 1. The van der Waals surface area contributed by atoms with Gasteiger partial charge in [-0.2, -0.15) is 0 Å². The third-order valence-corrected chi connectivity index (χ3v) is 4.64. The van der Waals surface area contributed by atoms with Crippen LogP contribution >= 0.6 is 11.3 Å². The number of nitrogens with one attached hydrogen (secondary N) is 1. The molecule has 0 saturated heterocycles. The van der Waals surface area contributed by atoms with Crippen molar-refractivity contribution < 1.29 is 5.11 Å². The minimum atomic E-state index is 0.158. The van der Waals surface area contributed by atoms with Crippen molar-refractivity contribution in [2.24, 2.45) is 5.92 Å². The van der Waals surface area contributed by atoms with Crippen LogP contribution < -0.4 is 5.32 Å². The van der Waals surface area contributed by atoms with E-state index in [2.05, 4.69) is 56.4 Å². The van der Waals surface area contributed by atoms with Gasteiger partial charge in [-0.1, -0.05) is 32.0 Å². The second-order valence-electron chi connectivity index (χ2n) is 5.11. The van der Waals surface area contributed by atoms with Crippen molar-refractivity contribution >= 4 is 21.4 Å². The number of hydrogen-bond donors (Lipinski definition) is 2. The molecule has 98 valence electrons. The molecule has 3 heteroatoms. The molecular weight excluding hydrogens is 242 g/mol. The molecule has 0 amide bonds. The summed E-state index contributed by atoms with van der Waals surface area (Å²) < 4.78 is 1.33. The number of rotatable bonds is 5. The summed E-state index contributed by atoms with van der Waals surface area (Å²) in [4.78, 5) is 1.33. The third-order valence-electron chi connectivity index (χ3n) is 3.34. The maximum Gasteiger partial charge on any atom is 0.0587 e. The predicted octanol–water partition coefficient (Wildman–Crippen LogP) is 3.57. The zero-order valence-corrected chi connectivity index (χ0v) is 12.0. The summed E-state index contributed by atoms with van der Waals surface area (Å²) in [7, 11) is 0. The van der Waals surface area contributed by atoms with Gasteiger partial charge in [-0.15, -0.1) is 11.3 Å². The Kier molecular flexibility index (Phi) is 4.38. The van der Waals surface area contributed by atoms with Crippen LogP contribution in [0.3, 0.4) is 0 Å². The van der Waals surface area contributed by atoms with Crippen LogP contribution in [0.1, 0.15) is 31.7 Å². The average molecular weight is 263 g/mol. The zero-order chi connectivity index (χ0) is 13.1. The van der Waals surface area contributed by atoms with Crippen LogP contribution in [0.5, 0.6) is 0 Å². The van der Waals surface area contributed by atoms with Gasteiger partial charge in [-0.25, -0.2) is 0 Å². The second-order valence-corrected chi connectivity index (χ2v) is 6.22. The first kappa shape index (κ1) is 13.5. The fraction of sp³-hybridized carbons (Fsp3) is 0.467. The van der Waals surface area contributed by atoms with Crippen molar-refractivity contribution in [2.45, 2.75) is 32.9 Å². The Morgan fingerprint density at radius 1 is 1.22 bits per heavy atom. The molecule has 18 heavy (non-hydrogen) atoms. The van der Waals surface area contributed by atoms with Gasteiger partial charge in [-0.05, 0) is 30.4 Å². The van der Waals surface area contributed by atoms with E-state index in [4.69, 9.17) is 0 Å². The molecule has 0 spiro atoms. The molecule has 1 aromatic carbocycles. The Hall–Kier alpha value is -0.900. The highest BCUT2D eigenvalue weighted by atomic mass is 32.1. The van der Waals surface area contributed by atoms with Crippen LogP contribution in [-0.4, -0.2) is 17.8 Å². The monoisotopic (exact) mass is 263 g/mol. The predicted molar refractivity (Wildman–Crippen MR) is 79.1 cm³/mol. The average Bonchev–Trinajstić information content (AvgIpc) is 2.79. The van der Waals surface area contributed by atoms with Gasteiger partial charge in [-0.3, -0.25) is 0 Å². The Morgan fingerprint density at radius 3 is 2.56 bits per heavy atom. The van der Waals surface area contributed by atoms with Gasteiger partial charge >= 0.3 is 0 Å². The molecule has 0 aliphatic carbocycles. The molecule has 0 aliphatic heterocycles. The standard InChI is InChI=1S/C15H21NOS/c1-10(2)13(9-17)16-11(3)15-8-12-6-4-5-7-14(12)18-15/h4-8,10-11,13,16-17H,9H2,1-3H3. The topological polar surface area (TPSA) is 32.3 Å². The normalized spacial score (nSPS) is 15.2. The van der Waals surface area contributed by atoms with Crippen molar-refractivity contribution in [3.05, 3.63) is 35.2 Å². The van der Waals surface area contributed by atoms with E-state index in [1.165, 1.54) is 15.0 Å². The van der Waals surface area contributed by atoms with Crippen molar-refractivity contribution in [1.82, 2.24) is 5.32 Å². The van der Waals surface area contributed by atoms with Crippen molar-refractivity contribution in [3.63, 3.8) is 0 Å². The molecule has 1 heterocycles. The Bertz CT molecular complexity index is 473. The van der Waals surface area contributed by atoms with E-state index >= 15 is 0 Å². The van der Waals surface area contributed by atoms with Gasteiger partial charge in [0.1, 0.15) is 0 Å². The van der Waals surface area contributed by atoms with Crippen molar-refractivity contribution in [2.75, 3.05) is 6.61 Å². The summed E-state index contributed by atoms with van der Waals surface area (Å²) in [6.45, 7) is 6.61. The molecule has 2 nitrogen and oxygen atoms in total. The van der Waals surface area contributed by atoms with E-state index in [9.17, 15) is 5.11 Å². The number of fused-ring (bicyclic) bond motifs is 1. The highest BCUT2D eigenvalue weighted by Crippen LogP contribution is 2.30. The van der Waals surface area contributed by atoms with Crippen LogP contribution in [0.4, 0.5) is 0 Å². The molecule has 0 saturated carbocycles. The summed E-state index contributed by atoms with van der Waals surface area (Å²) >= 11 is 1.83. The summed E-state index contributed by atoms with van der Waals surface area (Å²) in [5.74, 6) is 0.437. The highest BCUT2D eigenvalue weighted by molar-refractivity contribution is 7.19. The largest absolute Gasteiger partial charge is 0.395 e. The fourth-order valence-electron chi connectivity index (χ4n) is 2.08. The summed E-state index contributed by atoms with van der Waals surface area (Å²) in [6, 6.07) is 11.1. The summed E-state index contributed by atoms with van der Waals surface area (Å²) in [5, 5.41) is 14.2. The Labute approximate surface area is 113 Å². The summed E-state index contributed by atoms with van der Waals surface area (Å²) in [5.41, 5.74) is 0. The van der Waals surface area contributed by atoms with E-state index in [-0.39, 0.29) is 18.7 Å². The first-order valence-electron chi connectivity index (χ1n) is 6.47. The first-order valence-corrected chi connectivity index (χ1v) is 7.29. The lowest BCUT2D eigenvalue weighted by Gasteiger charge is -2.24. The van der Waals surface area contributed by atoms with Crippen molar-refractivity contribution in [1.29, 1.82) is 0 Å². The Morgan fingerprint density at radius 2 is 1.94 bits per heavy atom. The molecule has 0 fully saturated rings.